The molecule has 0 saturated heterocycles. The molecule has 1 aromatic heterocycles. The van der Waals surface area contributed by atoms with Crippen molar-refractivity contribution in [3.63, 3.8) is 0 Å². The van der Waals surface area contributed by atoms with Gasteiger partial charge in [-0.25, -0.2) is 4.98 Å². The molecule has 10 heavy (non-hydrogen) atoms. The number of hydrogen-bond donors (Lipinski definition) is 1. The molecule has 52 valence electrons. The average molecular weight is 201 g/mol. The molecule has 1 aromatic rings. The molecule has 0 radical (unpaired) electrons. The van der Waals surface area contributed by atoms with Gasteiger partial charge in [0.25, 0.3) is 0 Å². The maximum atomic E-state index is 10.3. The van der Waals surface area contributed by atoms with Crippen LogP contribution in [0.2, 0.25) is 0 Å². The van der Waals surface area contributed by atoms with Gasteiger partial charge < -0.3 is 5.73 Å². The predicted octanol–water partition coefficient (Wildman–Crippen LogP) is 1.24. The van der Waals surface area contributed by atoms with Gasteiger partial charge in [-0.3, -0.25) is 4.79 Å². The summed E-state index contributed by atoms with van der Waals surface area (Å²) in [4.78, 5) is 14.1. The van der Waals surface area contributed by atoms with E-state index in [1.54, 1.807) is 6.07 Å². The van der Waals surface area contributed by atoms with E-state index in [0.717, 1.165) is 0 Å². The average Bonchev–Trinajstić information content (AvgIpc) is 1.94. The van der Waals surface area contributed by atoms with Crippen LogP contribution < -0.4 is 5.73 Å². The molecule has 0 aliphatic rings. The zero-order chi connectivity index (χ0) is 7.56. The second kappa shape index (κ2) is 2.79. The number of rotatable bonds is 1. The van der Waals surface area contributed by atoms with E-state index in [2.05, 4.69) is 20.9 Å². The molecular formula is C6H5BrN2O. The maximum absolute atomic E-state index is 10.3. The molecule has 4 heteroatoms. The Labute approximate surface area is 66.4 Å². The zero-order valence-corrected chi connectivity index (χ0v) is 6.63. The highest BCUT2D eigenvalue weighted by Crippen LogP contribution is 2.13. The van der Waals surface area contributed by atoms with Gasteiger partial charge >= 0.3 is 0 Å². The summed E-state index contributed by atoms with van der Waals surface area (Å²) in [6.45, 7) is 0. The molecule has 2 N–H and O–H groups in total. The molecule has 1 rings (SSSR count). The lowest BCUT2D eigenvalue weighted by Crippen LogP contribution is -1.91. The monoisotopic (exact) mass is 200 g/mol. The molecule has 0 saturated carbocycles. The second-order valence-electron chi connectivity index (χ2n) is 1.77. The standard InChI is InChI=1S/C6H5BrN2O/c7-6-4(3-10)1-5(8)2-9-6/h1-3H,8H2. The molecular weight excluding hydrogens is 196 g/mol. The van der Waals surface area contributed by atoms with Gasteiger partial charge in [-0.1, -0.05) is 0 Å². The molecule has 0 aliphatic carbocycles. The number of pyridine rings is 1. The highest BCUT2D eigenvalue weighted by Gasteiger charge is 1.97. The van der Waals surface area contributed by atoms with Gasteiger partial charge in [0.1, 0.15) is 4.60 Å². The van der Waals surface area contributed by atoms with Crippen LogP contribution >= 0.6 is 15.9 Å². The number of nitrogen functional groups attached to an aromatic ring is 1. The Morgan fingerprint density at radius 1 is 1.70 bits per heavy atom. The van der Waals surface area contributed by atoms with Crippen LogP contribution in [-0.4, -0.2) is 11.3 Å². The summed E-state index contributed by atoms with van der Waals surface area (Å²) in [7, 11) is 0. The van der Waals surface area contributed by atoms with Gasteiger partial charge in [0.05, 0.1) is 11.9 Å². The van der Waals surface area contributed by atoms with Crippen molar-refractivity contribution in [1.82, 2.24) is 4.98 Å². The predicted molar refractivity (Wildman–Crippen MR) is 41.7 cm³/mol. The maximum Gasteiger partial charge on any atom is 0.152 e. The normalized spacial score (nSPS) is 9.30. The van der Waals surface area contributed by atoms with Gasteiger partial charge in [-0.2, -0.15) is 0 Å². The van der Waals surface area contributed by atoms with Crippen molar-refractivity contribution in [2.75, 3.05) is 5.73 Å². The Bertz CT molecular complexity index is 262. The SMILES string of the molecule is Nc1cnc(Br)c(C=O)c1. The van der Waals surface area contributed by atoms with Gasteiger partial charge in [0.2, 0.25) is 0 Å². The molecule has 0 amide bonds. The topological polar surface area (TPSA) is 56.0 Å². The fourth-order valence-electron chi connectivity index (χ4n) is 0.565. The summed E-state index contributed by atoms with van der Waals surface area (Å²) < 4.78 is 0.525. The number of halogens is 1. The van der Waals surface area contributed by atoms with Crippen LogP contribution in [0, 0.1) is 0 Å². The molecule has 0 aromatic carbocycles. The third-order valence-corrected chi connectivity index (χ3v) is 1.68. The molecule has 0 fully saturated rings. The van der Waals surface area contributed by atoms with Crippen molar-refractivity contribution in [2.45, 2.75) is 0 Å². The van der Waals surface area contributed by atoms with Crippen LogP contribution in [0.25, 0.3) is 0 Å². The van der Waals surface area contributed by atoms with Crippen molar-refractivity contribution in [1.29, 1.82) is 0 Å². The van der Waals surface area contributed by atoms with E-state index < -0.39 is 0 Å². The lowest BCUT2D eigenvalue weighted by molar-refractivity contribution is 0.112. The molecule has 0 unspecified atom stereocenters. The Kier molecular flexibility index (Phi) is 2.01. The summed E-state index contributed by atoms with van der Waals surface area (Å²) >= 11 is 3.09. The molecule has 1 heterocycles. The van der Waals surface area contributed by atoms with Gasteiger partial charge in [0, 0.05) is 5.56 Å². The highest BCUT2D eigenvalue weighted by molar-refractivity contribution is 9.10. The molecule has 0 atom stereocenters. The summed E-state index contributed by atoms with van der Waals surface area (Å²) in [5.74, 6) is 0. The molecule has 3 nitrogen and oxygen atoms in total. The van der Waals surface area contributed by atoms with Gasteiger partial charge in [0.15, 0.2) is 6.29 Å². The minimum Gasteiger partial charge on any atom is -0.397 e. The summed E-state index contributed by atoms with van der Waals surface area (Å²) in [6.07, 6.45) is 2.19. The summed E-state index contributed by atoms with van der Waals surface area (Å²) in [5, 5.41) is 0. The van der Waals surface area contributed by atoms with Gasteiger partial charge in [-0.15, -0.1) is 0 Å². The minimum atomic E-state index is 0.472. The Morgan fingerprint density at radius 2 is 2.40 bits per heavy atom. The first-order valence-corrected chi connectivity index (χ1v) is 3.39. The third-order valence-electron chi connectivity index (χ3n) is 1.01. The van der Waals surface area contributed by atoms with Crippen molar-refractivity contribution in [3.8, 4) is 0 Å². The number of nitrogens with zero attached hydrogens (tertiary/aromatic N) is 1. The quantitative estimate of drug-likeness (QED) is 0.549. The van der Waals surface area contributed by atoms with Crippen LogP contribution in [0.15, 0.2) is 16.9 Å². The smallest absolute Gasteiger partial charge is 0.152 e. The van der Waals surface area contributed by atoms with Crippen molar-refractivity contribution >= 4 is 27.9 Å². The number of nitrogens with two attached hydrogens (primary N) is 1. The Hall–Kier alpha value is -0.900. The van der Waals surface area contributed by atoms with Crippen LogP contribution in [-0.2, 0) is 0 Å². The fourth-order valence-corrected chi connectivity index (χ4v) is 0.875. The van der Waals surface area contributed by atoms with E-state index in [1.807, 2.05) is 0 Å². The lowest BCUT2D eigenvalue weighted by atomic mass is 10.3. The highest BCUT2D eigenvalue weighted by atomic mass is 79.9. The Morgan fingerprint density at radius 3 is 2.90 bits per heavy atom. The van der Waals surface area contributed by atoms with E-state index in [4.69, 9.17) is 5.73 Å². The van der Waals surface area contributed by atoms with E-state index in [1.165, 1.54) is 6.20 Å². The van der Waals surface area contributed by atoms with E-state index >= 15 is 0 Å². The first kappa shape index (κ1) is 7.21. The number of carbonyl (C=O) groups is 1. The van der Waals surface area contributed by atoms with Crippen LogP contribution in [0.1, 0.15) is 10.4 Å². The van der Waals surface area contributed by atoms with Crippen molar-refractivity contribution < 1.29 is 4.79 Å². The van der Waals surface area contributed by atoms with Gasteiger partial charge in [-0.05, 0) is 22.0 Å². The van der Waals surface area contributed by atoms with E-state index in [9.17, 15) is 4.79 Å². The number of aromatic nitrogens is 1. The van der Waals surface area contributed by atoms with Crippen molar-refractivity contribution in [2.24, 2.45) is 0 Å². The first-order chi connectivity index (χ1) is 4.74. The van der Waals surface area contributed by atoms with Crippen LogP contribution in [0.4, 0.5) is 5.69 Å². The minimum absolute atomic E-state index is 0.472. The van der Waals surface area contributed by atoms with Crippen molar-refractivity contribution in [3.05, 3.63) is 22.4 Å². The summed E-state index contributed by atoms with van der Waals surface area (Å²) in [5.41, 5.74) is 6.32. The lowest BCUT2D eigenvalue weighted by Gasteiger charge is -1.94. The van der Waals surface area contributed by atoms with E-state index in [0.29, 0.717) is 22.1 Å². The van der Waals surface area contributed by atoms with Crippen LogP contribution in [0.3, 0.4) is 0 Å². The molecule has 0 spiro atoms. The number of anilines is 1. The second-order valence-corrected chi connectivity index (χ2v) is 2.52. The first-order valence-electron chi connectivity index (χ1n) is 2.60. The largest absolute Gasteiger partial charge is 0.397 e. The zero-order valence-electron chi connectivity index (χ0n) is 5.04. The van der Waals surface area contributed by atoms with E-state index in [-0.39, 0.29) is 0 Å². The Balaban J connectivity index is 3.21. The summed E-state index contributed by atoms with van der Waals surface area (Å²) in [6, 6.07) is 1.56. The molecule has 0 bridgehead atoms. The number of aldehydes is 1. The molecule has 0 aliphatic heterocycles. The van der Waals surface area contributed by atoms with Crippen LogP contribution in [0.5, 0.6) is 0 Å². The third kappa shape index (κ3) is 1.33. The number of carbonyl (C=O) groups excluding carboxylic acids is 1. The number of hydrogen-bond acceptors (Lipinski definition) is 3. The fraction of sp³-hybridized carbons (Fsp3) is 0.